The minimum absolute atomic E-state index is 0.281. The molecule has 5 nitrogen and oxygen atoms in total. The molecular formula is C14H20N2O3. The number of hydrogen-bond donors (Lipinski definition) is 0. The fourth-order valence-electron chi connectivity index (χ4n) is 1.68. The molecule has 19 heavy (non-hydrogen) atoms. The van der Waals surface area contributed by atoms with Crippen LogP contribution in [0.15, 0.2) is 18.3 Å². The van der Waals surface area contributed by atoms with Gasteiger partial charge in [-0.15, -0.1) is 0 Å². The van der Waals surface area contributed by atoms with Gasteiger partial charge >= 0.3 is 5.97 Å². The number of nitrogens with zero attached hydrogens (tertiary/aromatic N) is 2. The molecule has 0 aliphatic carbocycles. The molecule has 1 unspecified atom stereocenters. The predicted molar refractivity (Wildman–Crippen MR) is 71.5 cm³/mol. The molecule has 0 spiro atoms. The SMILES string of the molecule is CCOC(=O)C(C=O)Cc1ccc(CN(C)C)nc1. The summed E-state index contributed by atoms with van der Waals surface area (Å²) in [4.78, 5) is 28.7. The lowest BCUT2D eigenvalue weighted by atomic mass is 10.0. The van der Waals surface area contributed by atoms with Gasteiger partial charge in [0.15, 0.2) is 0 Å². The van der Waals surface area contributed by atoms with Crippen LogP contribution in [-0.4, -0.2) is 42.8 Å². The summed E-state index contributed by atoms with van der Waals surface area (Å²) in [5.41, 5.74) is 1.81. The molecule has 0 aliphatic heterocycles. The normalized spacial score (nSPS) is 12.2. The van der Waals surface area contributed by atoms with E-state index >= 15 is 0 Å². The summed E-state index contributed by atoms with van der Waals surface area (Å²) in [5, 5.41) is 0. The lowest BCUT2D eigenvalue weighted by Gasteiger charge is -2.11. The van der Waals surface area contributed by atoms with Crippen molar-refractivity contribution in [1.82, 2.24) is 9.88 Å². The standard InChI is InChI=1S/C14H20N2O3/c1-4-19-14(18)12(10-17)7-11-5-6-13(15-8-11)9-16(2)3/h5-6,8,10,12H,4,7,9H2,1-3H3. The average molecular weight is 264 g/mol. The summed E-state index contributed by atoms with van der Waals surface area (Å²) in [6, 6.07) is 3.80. The first-order chi connectivity index (χ1) is 9.06. The van der Waals surface area contributed by atoms with Gasteiger partial charge in [0.2, 0.25) is 0 Å². The maximum absolute atomic E-state index is 11.5. The van der Waals surface area contributed by atoms with E-state index in [1.807, 2.05) is 31.1 Å². The van der Waals surface area contributed by atoms with E-state index in [2.05, 4.69) is 4.98 Å². The van der Waals surface area contributed by atoms with E-state index in [1.165, 1.54) is 0 Å². The number of esters is 1. The molecule has 0 aliphatic rings. The molecule has 1 atom stereocenters. The number of carbonyl (C=O) groups excluding carboxylic acids is 2. The molecular weight excluding hydrogens is 244 g/mol. The first-order valence-electron chi connectivity index (χ1n) is 6.27. The Morgan fingerprint density at radius 3 is 2.68 bits per heavy atom. The molecule has 0 radical (unpaired) electrons. The molecule has 0 bridgehead atoms. The molecule has 0 fully saturated rings. The summed E-state index contributed by atoms with van der Waals surface area (Å²) in [6.07, 6.45) is 2.66. The van der Waals surface area contributed by atoms with Crippen molar-refractivity contribution < 1.29 is 14.3 Å². The van der Waals surface area contributed by atoms with Gasteiger partial charge in [0, 0.05) is 12.7 Å². The van der Waals surface area contributed by atoms with Crippen molar-refractivity contribution in [3.63, 3.8) is 0 Å². The Hall–Kier alpha value is -1.75. The van der Waals surface area contributed by atoms with Crippen molar-refractivity contribution in [3.8, 4) is 0 Å². The molecule has 0 saturated heterocycles. The number of ether oxygens (including phenoxy) is 1. The molecule has 1 aromatic heterocycles. The van der Waals surface area contributed by atoms with Crippen LogP contribution in [-0.2, 0) is 27.3 Å². The summed E-state index contributed by atoms with van der Waals surface area (Å²) in [5.74, 6) is -1.23. The van der Waals surface area contributed by atoms with Gasteiger partial charge in [-0.3, -0.25) is 9.78 Å². The van der Waals surface area contributed by atoms with Crippen LogP contribution in [0.5, 0.6) is 0 Å². The van der Waals surface area contributed by atoms with E-state index in [9.17, 15) is 9.59 Å². The van der Waals surface area contributed by atoms with Gasteiger partial charge in [-0.25, -0.2) is 0 Å². The number of pyridine rings is 1. The molecule has 1 rings (SSSR count). The number of aldehydes is 1. The van der Waals surface area contributed by atoms with Gasteiger partial charge in [-0.1, -0.05) is 6.07 Å². The molecule has 0 N–H and O–H groups in total. The molecule has 104 valence electrons. The minimum Gasteiger partial charge on any atom is -0.465 e. The molecule has 0 aromatic carbocycles. The summed E-state index contributed by atoms with van der Waals surface area (Å²) in [7, 11) is 3.94. The highest BCUT2D eigenvalue weighted by Crippen LogP contribution is 2.09. The second-order valence-electron chi connectivity index (χ2n) is 4.59. The second-order valence-corrected chi connectivity index (χ2v) is 4.59. The topological polar surface area (TPSA) is 59.5 Å². The van der Waals surface area contributed by atoms with Crippen LogP contribution in [0.25, 0.3) is 0 Å². The van der Waals surface area contributed by atoms with Gasteiger partial charge in [0.05, 0.1) is 12.3 Å². The third-order valence-electron chi connectivity index (χ3n) is 2.57. The monoisotopic (exact) mass is 264 g/mol. The lowest BCUT2D eigenvalue weighted by Crippen LogP contribution is -2.21. The van der Waals surface area contributed by atoms with Gasteiger partial charge < -0.3 is 14.4 Å². The Morgan fingerprint density at radius 2 is 2.21 bits per heavy atom. The van der Waals surface area contributed by atoms with E-state index in [4.69, 9.17) is 4.74 Å². The predicted octanol–water partition coefficient (Wildman–Crippen LogP) is 1.06. The van der Waals surface area contributed by atoms with Gasteiger partial charge in [0.1, 0.15) is 12.2 Å². The van der Waals surface area contributed by atoms with Crippen molar-refractivity contribution in [1.29, 1.82) is 0 Å². The Labute approximate surface area is 113 Å². The largest absolute Gasteiger partial charge is 0.465 e. The Morgan fingerprint density at radius 1 is 1.47 bits per heavy atom. The molecule has 1 heterocycles. The molecule has 0 amide bonds. The fourth-order valence-corrected chi connectivity index (χ4v) is 1.68. The highest BCUT2D eigenvalue weighted by Gasteiger charge is 2.19. The van der Waals surface area contributed by atoms with Gasteiger partial charge in [0.25, 0.3) is 0 Å². The third kappa shape index (κ3) is 5.18. The minimum atomic E-state index is -0.749. The Kier molecular flexibility index (Phi) is 6.15. The maximum atomic E-state index is 11.5. The van der Waals surface area contributed by atoms with Crippen LogP contribution < -0.4 is 0 Å². The maximum Gasteiger partial charge on any atom is 0.316 e. The van der Waals surface area contributed by atoms with E-state index in [1.54, 1.807) is 13.1 Å². The number of carbonyl (C=O) groups is 2. The highest BCUT2D eigenvalue weighted by molar-refractivity contribution is 5.88. The van der Waals surface area contributed by atoms with Crippen LogP contribution in [0.4, 0.5) is 0 Å². The number of hydrogen-bond acceptors (Lipinski definition) is 5. The van der Waals surface area contributed by atoms with Crippen molar-refractivity contribution in [3.05, 3.63) is 29.6 Å². The van der Waals surface area contributed by atoms with Gasteiger partial charge in [-0.2, -0.15) is 0 Å². The summed E-state index contributed by atoms with van der Waals surface area (Å²) >= 11 is 0. The lowest BCUT2D eigenvalue weighted by molar-refractivity contribution is -0.149. The molecule has 5 heteroatoms. The van der Waals surface area contributed by atoms with Crippen LogP contribution >= 0.6 is 0 Å². The smallest absolute Gasteiger partial charge is 0.316 e. The molecule has 0 saturated carbocycles. The van der Waals surface area contributed by atoms with Crippen molar-refractivity contribution >= 4 is 12.3 Å². The van der Waals surface area contributed by atoms with Crippen molar-refractivity contribution in [2.45, 2.75) is 19.9 Å². The first-order valence-corrected chi connectivity index (χ1v) is 6.27. The van der Waals surface area contributed by atoms with Crippen molar-refractivity contribution in [2.24, 2.45) is 5.92 Å². The van der Waals surface area contributed by atoms with Gasteiger partial charge in [-0.05, 0) is 39.1 Å². The summed E-state index contributed by atoms with van der Waals surface area (Å²) in [6.45, 7) is 2.76. The van der Waals surface area contributed by atoms with E-state index in [0.29, 0.717) is 12.7 Å². The summed E-state index contributed by atoms with van der Waals surface area (Å²) < 4.78 is 4.85. The number of aromatic nitrogens is 1. The van der Waals surface area contributed by atoms with E-state index < -0.39 is 11.9 Å². The first kappa shape index (κ1) is 15.3. The fraction of sp³-hybridized carbons (Fsp3) is 0.500. The molecule has 1 aromatic rings. The average Bonchev–Trinajstić information content (AvgIpc) is 2.37. The number of rotatable bonds is 7. The zero-order valence-corrected chi connectivity index (χ0v) is 11.6. The zero-order valence-electron chi connectivity index (χ0n) is 11.6. The van der Waals surface area contributed by atoms with Crippen molar-refractivity contribution in [2.75, 3.05) is 20.7 Å². The van der Waals surface area contributed by atoms with Crippen LogP contribution in [0.2, 0.25) is 0 Å². The Balaban J connectivity index is 2.65. The van der Waals surface area contributed by atoms with E-state index in [0.717, 1.165) is 17.8 Å². The van der Waals surface area contributed by atoms with Crippen LogP contribution in [0, 0.1) is 5.92 Å². The zero-order chi connectivity index (χ0) is 14.3. The quantitative estimate of drug-likeness (QED) is 0.419. The highest BCUT2D eigenvalue weighted by atomic mass is 16.5. The van der Waals surface area contributed by atoms with Crippen LogP contribution in [0.1, 0.15) is 18.2 Å². The van der Waals surface area contributed by atoms with E-state index in [-0.39, 0.29) is 6.61 Å². The second kappa shape index (κ2) is 7.63. The van der Waals surface area contributed by atoms with Crippen LogP contribution in [0.3, 0.4) is 0 Å². The third-order valence-corrected chi connectivity index (χ3v) is 2.57. The Bertz CT molecular complexity index is 415.